The highest BCUT2D eigenvalue weighted by Crippen LogP contribution is 2.32. The Kier molecular flexibility index (Phi) is 4.03. The predicted molar refractivity (Wildman–Crippen MR) is 85.8 cm³/mol. The van der Waals surface area contributed by atoms with Gasteiger partial charge in [-0.1, -0.05) is 36.0 Å². The highest BCUT2D eigenvalue weighted by Gasteiger charge is 2.23. The van der Waals surface area contributed by atoms with E-state index in [2.05, 4.69) is 53.0 Å². The molecule has 0 amide bonds. The number of hydrogen-bond donors (Lipinski definition) is 1. The minimum atomic E-state index is 0.0124. The lowest BCUT2D eigenvalue weighted by Crippen LogP contribution is -2.17. The second kappa shape index (κ2) is 5.95. The van der Waals surface area contributed by atoms with Gasteiger partial charge in [-0.25, -0.2) is 0 Å². The van der Waals surface area contributed by atoms with Crippen molar-refractivity contribution in [2.75, 3.05) is 7.05 Å². The van der Waals surface area contributed by atoms with Gasteiger partial charge in [-0.15, -0.1) is 5.10 Å². The lowest BCUT2D eigenvalue weighted by Gasteiger charge is -2.12. The Labute approximate surface area is 128 Å². The molecular formula is C16H19N3OS. The average Bonchev–Trinajstić information content (AvgIpc) is 3.09. The van der Waals surface area contributed by atoms with Crippen molar-refractivity contribution in [2.45, 2.75) is 32.7 Å². The van der Waals surface area contributed by atoms with Crippen LogP contribution < -0.4 is 5.32 Å². The number of rotatable bonds is 5. The van der Waals surface area contributed by atoms with Crippen LogP contribution in [0.4, 0.5) is 0 Å². The molecule has 2 aromatic heterocycles. The van der Waals surface area contributed by atoms with Gasteiger partial charge in [0.25, 0.3) is 0 Å². The van der Waals surface area contributed by atoms with E-state index in [0.717, 1.165) is 45.7 Å². The van der Waals surface area contributed by atoms with Crippen LogP contribution in [0.1, 0.15) is 41.3 Å². The summed E-state index contributed by atoms with van der Waals surface area (Å²) >= 11 is 1.45. The molecule has 21 heavy (non-hydrogen) atoms. The van der Waals surface area contributed by atoms with Gasteiger partial charge in [0.2, 0.25) is 0 Å². The molecule has 1 N–H and O–H groups in total. The molecule has 0 saturated carbocycles. The normalized spacial score (nSPS) is 12.9. The summed E-state index contributed by atoms with van der Waals surface area (Å²) in [6, 6.07) is 8.33. The van der Waals surface area contributed by atoms with Crippen LogP contribution in [-0.2, 0) is 6.42 Å². The summed E-state index contributed by atoms with van der Waals surface area (Å²) in [6.45, 7) is 4.23. The first kappa shape index (κ1) is 14.2. The van der Waals surface area contributed by atoms with Crippen molar-refractivity contribution in [2.24, 2.45) is 0 Å². The summed E-state index contributed by atoms with van der Waals surface area (Å²) in [7, 11) is 1.94. The fourth-order valence-corrected chi connectivity index (χ4v) is 3.43. The van der Waals surface area contributed by atoms with Gasteiger partial charge >= 0.3 is 0 Å². The van der Waals surface area contributed by atoms with E-state index in [0.29, 0.717) is 0 Å². The first-order valence-corrected chi connectivity index (χ1v) is 7.99. The topological polar surface area (TPSA) is 51.0 Å². The number of furan rings is 1. The summed E-state index contributed by atoms with van der Waals surface area (Å²) in [5.41, 5.74) is 3.19. The maximum Gasteiger partial charge on any atom is 0.137 e. The Balaban J connectivity index is 2.05. The van der Waals surface area contributed by atoms with Gasteiger partial charge < -0.3 is 9.73 Å². The van der Waals surface area contributed by atoms with E-state index in [1.165, 1.54) is 11.5 Å². The second-order valence-corrected chi connectivity index (χ2v) is 5.98. The molecule has 0 saturated heterocycles. The summed E-state index contributed by atoms with van der Waals surface area (Å²) in [4.78, 5) is 1.15. The molecule has 0 fully saturated rings. The van der Waals surface area contributed by atoms with Crippen LogP contribution in [0.3, 0.4) is 0 Å². The van der Waals surface area contributed by atoms with Crippen molar-refractivity contribution in [3.8, 4) is 0 Å². The van der Waals surface area contributed by atoms with Gasteiger partial charge in [-0.3, -0.25) is 0 Å². The first-order chi connectivity index (χ1) is 10.2. The summed E-state index contributed by atoms with van der Waals surface area (Å²) in [5, 5.41) is 8.73. The van der Waals surface area contributed by atoms with Crippen LogP contribution in [0.5, 0.6) is 0 Å². The van der Waals surface area contributed by atoms with Gasteiger partial charge in [0.15, 0.2) is 0 Å². The van der Waals surface area contributed by atoms with Crippen molar-refractivity contribution < 1.29 is 4.42 Å². The van der Waals surface area contributed by atoms with E-state index < -0.39 is 0 Å². The molecule has 1 aromatic carbocycles. The van der Waals surface area contributed by atoms with Gasteiger partial charge in [0, 0.05) is 5.39 Å². The Hall–Kier alpha value is -1.72. The number of nitrogens with one attached hydrogen (secondary N) is 1. The zero-order chi connectivity index (χ0) is 14.8. The molecular weight excluding hydrogens is 282 g/mol. The Morgan fingerprint density at radius 2 is 2.24 bits per heavy atom. The summed E-state index contributed by atoms with van der Waals surface area (Å²) in [5.74, 6) is 0.921. The number of aromatic nitrogens is 2. The van der Waals surface area contributed by atoms with E-state index in [1.54, 1.807) is 0 Å². The van der Waals surface area contributed by atoms with E-state index in [4.69, 9.17) is 4.42 Å². The monoisotopic (exact) mass is 301 g/mol. The van der Waals surface area contributed by atoms with Crippen molar-refractivity contribution >= 4 is 22.5 Å². The maximum atomic E-state index is 6.10. The first-order valence-electron chi connectivity index (χ1n) is 7.22. The van der Waals surface area contributed by atoms with Gasteiger partial charge in [0.1, 0.15) is 17.4 Å². The third-order valence-electron chi connectivity index (χ3n) is 3.67. The summed E-state index contributed by atoms with van der Waals surface area (Å²) < 4.78 is 10.2. The molecule has 0 bridgehead atoms. The quantitative estimate of drug-likeness (QED) is 0.777. The zero-order valence-electron chi connectivity index (χ0n) is 12.5. The van der Waals surface area contributed by atoms with Gasteiger partial charge in [-0.2, -0.15) is 0 Å². The molecule has 0 radical (unpaired) electrons. The number of fused-ring (bicyclic) bond motifs is 1. The Morgan fingerprint density at radius 3 is 2.95 bits per heavy atom. The summed E-state index contributed by atoms with van der Waals surface area (Å²) in [6.07, 6.45) is 2.01. The molecule has 0 spiro atoms. The average molecular weight is 301 g/mol. The minimum Gasteiger partial charge on any atom is -0.459 e. The van der Waals surface area contributed by atoms with Crippen LogP contribution in [0.15, 0.2) is 28.7 Å². The third kappa shape index (κ3) is 2.59. The zero-order valence-corrected chi connectivity index (χ0v) is 13.3. The Morgan fingerprint density at radius 1 is 1.38 bits per heavy atom. The number of nitrogens with zero attached hydrogens (tertiary/aromatic N) is 2. The van der Waals surface area contributed by atoms with Crippen molar-refractivity contribution in [1.29, 1.82) is 0 Å². The van der Waals surface area contributed by atoms with Gasteiger partial charge in [0.05, 0.1) is 10.6 Å². The number of benzene rings is 1. The molecule has 0 aliphatic rings. The maximum absolute atomic E-state index is 6.10. The molecule has 1 atom stereocenters. The fourth-order valence-electron chi connectivity index (χ4n) is 2.62. The molecule has 2 heterocycles. The molecule has 3 aromatic rings. The lowest BCUT2D eigenvalue weighted by molar-refractivity contribution is 0.492. The molecule has 0 aliphatic heterocycles. The predicted octanol–water partition coefficient (Wildman–Crippen LogP) is 3.85. The van der Waals surface area contributed by atoms with Crippen LogP contribution in [-0.4, -0.2) is 16.6 Å². The molecule has 0 aliphatic carbocycles. The molecule has 3 rings (SSSR count). The van der Waals surface area contributed by atoms with E-state index in [1.807, 2.05) is 7.05 Å². The van der Waals surface area contributed by atoms with Gasteiger partial charge in [-0.05, 0) is 43.6 Å². The smallest absolute Gasteiger partial charge is 0.137 e. The standard InChI is InChI=1S/C16H19N3OS/c1-4-6-12-16(21-19-18-12)14(17-3)13-9-11-8-5-7-10(2)15(11)20-13/h5,7-9,14,17H,4,6H2,1-3H3. The molecule has 5 heteroatoms. The number of aryl methyl sites for hydroxylation is 2. The van der Waals surface area contributed by atoms with E-state index >= 15 is 0 Å². The van der Waals surface area contributed by atoms with E-state index in [-0.39, 0.29) is 6.04 Å². The van der Waals surface area contributed by atoms with Crippen LogP contribution in [0, 0.1) is 6.92 Å². The number of para-hydroxylation sites is 1. The van der Waals surface area contributed by atoms with Crippen LogP contribution in [0.25, 0.3) is 11.0 Å². The fraction of sp³-hybridized carbons (Fsp3) is 0.375. The van der Waals surface area contributed by atoms with E-state index in [9.17, 15) is 0 Å². The number of hydrogen-bond acceptors (Lipinski definition) is 5. The Bertz CT molecular complexity index is 747. The van der Waals surface area contributed by atoms with Crippen LogP contribution in [0.2, 0.25) is 0 Å². The van der Waals surface area contributed by atoms with Crippen molar-refractivity contribution in [3.63, 3.8) is 0 Å². The largest absolute Gasteiger partial charge is 0.459 e. The van der Waals surface area contributed by atoms with Crippen molar-refractivity contribution in [1.82, 2.24) is 14.9 Å². The minimum absolute atomic E-state index is 0.0124. The molecule has 110 valence electrons. The van der Waals surface area contributed by atoms with Crippen LogP contribution >= 0.6 is 11.5 Å². The lowest BCUT2D eigenvalue weighted by atomic mass is 10.1. The molecule has 1 unspecified atom stereocenters. The van der Waals surface area contributed by atoms with Crippen molar-refractivity contribution in [3.05, 3.63) is 46.2 Å². The molecule has 4 nitrogen and oxygen atoms in total. The third-order valence-corrected chi connectivity index (χ3v) is 4.50. The second-order valence-electron chi connectivity index (χ2n) is 5.20. The highest BCUT2D eigenvalue weighted by molar-refractivity contribution is 7.05. The highest BCUT2D eigenvalue weighted by atomic mass is 32.1. The SMILES string of the molecule is CCCc1nnsc1C(NC)c1cc2cccc(C)c2o1.